The van der Waals surface area contributed by atoms with E-state index in [1.165, 1.54) is 11.1 Å². The van der Waals surface area contributed by atoms with Gasteiger partial charge in [0.15, 0.2) is 0 Å². The second-order valence-corrected chi connectivity index (χ2v) is 8.20. The molecule has 1 aromatic heterocycles. The molecule has 2 heterocycles. The summed E-state index contributed by atoms with van der Waals surface area (Å²) in [6, 6.07) is 18.9. The van der Waals surface area contributed by atoms with Gasteiger partial charge in [-0.2, -0.15) is 0 Å². The number of imidazole rings is 1. The Morgan fingerprint density at radius 2 is 1.57 bits per heavy atom. The van der Waals surface area contributed by atoms with Gasteiger partial charge in [0.1, 0.15) is 5.82 Å². The summed E-state index contributed by atoms with van der Waals surface area (Å²) in [5.74, 6) is 1.60. The zero-order chi connectivity index (χ0) is 20.9. The van der Waals surface area contributed by atoms with Crippen LogP contribution >= 0.6 is 0 Å². The lowest BCUT2D eigenvalue weighted by molar-refractivity contribution is -0.137. The van der Waals surface area contributed by atoms with Crippen molar-refractivity contribution in [3.05, 3.63) is 66.0 Å². The van der Waals surface area contributed by atoms with Gasteiger partial charge in [0.25, 0.3) is 0 Å². The Labute approximate surface area is 179 Å². The maximum atomic E-state index is 12.7. The first-order chi connectivity index (χ1) is 14.7. The minimum atomic E-state index is 0.173. The Balaban J connectivity index is 1.48. The van der Waals surface area contributed by atoms with Gasteiger partial charge in [0.2, 0.25) is 5.91 Å². The molecule has 4 rings (SSSR count). The first-order valence-corrected chi connectivity index (χ1v) is 11.2. The minimum Gasteiger partial charge on any atom is -0.340 e. The van der Waals surface area contributed by atoms with Crippen LogP contribution in [0.4, 0.5) is 0 Å². The van der Waals surface area contributed by atoms with Gasteiger partial charge in [-0.25, -0.2) is 4.98 Å². The molecule has 2 aromatic carbocycles. The molecule has 1 aliphatic heterocycles. The first-order valence-electron chi connectivity index (χ1n) is 11.2. The van der Waals surface area contributed by atoms with Gasteiger partial charge >= 0.3 is 0 Å². The van der Waals surface area contributed by atoms with Crippen LogP contribution in [0.1, 0.15) is 38.1 Å². The van der Waals surface area contributed by atoms with E-state index < -0.39 is 0 Å². The van der Waals surface area contributed by atoms with E-state index in [0.29, 0.717) is 5.91 Å². The van der Waals surface area contributed by atoms with Crippen molar-refractivity contribution in [1.29, 1.82) is 0 Å². The van der Waals surface area contributed by atoms with Crippen LogP contribution in [-0.2, 0) is 17.9 Å². The quantitative estimate of drug-likeness (QED) is 0.594. The lowest BCUT2D eigenvalue weighted by atomic mass is 10.0. The van der Waals surface area contributed by atoms with Crippen LogP contribution in [0.5, 0.6) is 0 Å². The molecular formula is C25H32N4O. The van der Waals surface area contributed by atoms with E-state index in [9.17, 15) is 4.79 Å². The summed E-state index contributed by atoms with van der Waals surface area (Å²) < 4.78 is 2.34. The summed E-state index contributed by atoms with van der Waals surface area (Å²) in [7, 11) is 0. The molecule has 1 aliphatic rings. The van der Waals surface area contributed by atoms with Gasteiger partial charge in [-0.15, -0.1) is 0 Å². The van der Waals surface area contributed by atoms with E-state index in [1.807, 2.05) is 6.07 Å². The molecule has 1 amide bonds. The Hall–Kier alpha value is -2.66. The maximum Gasteiger partial charge on any atom is 0.225 e. The average molecular weight is 405 g/mol. The number of para-hydroxylation sites is 2. The predicted molar refractivity (Wildman–Crippen MR) is 121 cm³/mol. The summed E-state index contributed by atoms with van der Waals surface area (Å²) in [4.78, 5) is 22.1. The van der Waals surface area contributed by atoms with Crippen LogP contribution in [0.25, 0.3) is 11.0 Å². The molecule has 1 fully saturated rings. The SMILES string of the molecule is CCC(CC)C(=O)N1CCN(Cc2nc3ccccc3n2Cc2ccccc2)CC1. The maximum absolute atomic E-state index is 12.7. The lowest BCUT2D eigenvalue weighted by Gasteiger charge is -2.36. The fraction of sp³-hybridized carbons (Fsp3) is 0.440. The molecule has 1 saturated heterocycles. The van der Waals surface area contributed by atoms with Crippen LogP contribution in [0.2, 0.25) is 0 Å². The van der Waals surface area contributed by atoms with E-state index in [4.69, 9.17) is 4.98 Å². The van der Waals surface area contributed by atoms with Crippen LogP contribution < -0.4 is 0 Å². The second kappa shape index (κ2) is 9.43. The summed E-state index contributed by atoms with van der Waals surface area (Å²) in [5.41, 5.74) is 3.51. The highest BCUT2D eigenvalue weighted by molar-refractivity contribution is 5.79. The highest BCUT2D eigenvalue weighted by Gasteiger charge is 2.26. The zero-order valence-corrected chi connectivity index (χ0v) is 18.1. The number of carbonyl (C=O) groups excluding carboxylic acids is 1. The molecule has 0 radical (unpaired) electrons. The van der Waals surface area contributed by atoms with Gasteiger partial charge in [-0.3, -0.25) is 9.69 Å². The van der Waals surface area contributed by atoms with Crippen molar-refractivity contribution in [2.75, 3.05) is 26.2 Å². The third-order valence-electron chi connectivity index (χ3n) is 6.30. The molecule has 5 nitrogen and oxygen atoms in total. The van der Waals surface area contributed by atoms with Crippen LogP contribution in [0.3, 0.4) is 0 Å². The van der Waals surface area contributed by atoms with E-state index in [1.54, 1.807) is 0 Å². The minimum absolute atomic E-state index is 0.173. The van der Waals surface area contributed by atoms with E-state index in [0.717, 1.165) is 63.5 Å². The molecule has 0 bridgehead atoms. The number of carbonyl (C=O) groups is 1. The fourth-order valence-electron chi connectivity index (χ4n) is 4.41. The Morgan fingerprint density at radius 1 is 0.900 bits per heavy atom. The topological polar surface area (TPSA) is 41.4 Å². The summed E-state index contributed by atoms with van der Waals surface area (Å²) >= 11 is 0. The molecule has 0 spiro atoms. The molecule has 0 unspecified atom stereocenters. The van der Waals surface area contributed by atoms with E-state index >= 15 is 0 Å². The summed E-state index contributed by atoms with van der Waals surface area (Å²) in [5, 5.41) is 0. The van der Waals surface area contributed by atoms with Crippen LogP contribution in [0.15, 0.2) is 54.6 Å². The largest absolute Gasteiger partial charge is 0.340 e. The van der Waals surface area contributed by atoms with Crippen molar-refractivity contribution in [3.8, 4) is 0 Å². The van der Waals surface area contributed by atoms with Gasteiger partial charge in [-0.1, -0.05) is 56.3 Å². The molecule has 30 heavy (non-hydrogen) atoms. The average Bonchev–Trinajstić information content (AvgIpc) is 3.12. The number of fused-ring (bicyclic) bond motifs is 1. The Bertz CT molecular complexity index is 969. The molecular weight excluding hydrogens is 372 g/mol. The first kappa shape index (κ1) is 20.6. The molecule has 158 valence electrons. The van der Waals surface area contributed by atoms with E-state index in [2.05, 4.69) is 76.7 Å². The molecule has 0 N–H and O–H groups in total. The van der Waals surface area contributed by atoms with Crippen LogP contribution in [-0.4, -0.2) is 51.4 Å². The molecule has 0 aliphatic carbocycles. The lowest BCUT2D eigenvalue weighted by Crippen LogP contribution is -2.50. The van der Waals surface area contributed by atoms with E-state index in [-0.39, 0.29) is 5.92 Å². The molecule has 0 saturated carbocycles. The number of piperazine rings is 1. The standard InChI is InChI=1S/C25H32N4O/c1-3-21(4-2)25(30)28-16-14-27(15-17-28)19-24-26-22-12-8-9-13-23(22)29(24)18-20-10-6-5-7-11-20/h5-13,21H,3-4,14-19H2,1-2H3. The third kappa shape index (κ3) is 4.41. The van der Waals surface area contributed by atoms with Gasteiger partial charge in [-0.05, 0) is 30.5 Å². The molecule has 3 aromatic rings. The van der Waals surface area contributed by atoms with Gasteiger partial charge < -0.3 is 9.47 Å². The van der Waals surface area contributed by atoms with Crippen molar-refractivity contribution in [3.63, 3.8) is 0 Å². The Morgan fingerprint density at radius 3 is 2.27 bits per heavy atom. The van der Waals surface area contributed by atoms with Crippen molar-refractivity contribution < 1.29 is 4.79 Å². The number of aromatic nitrogens is 2. The summed E-state index contributed by atoms with van der Waals surface area (Å²) in [6.07, 6.45) is 1.86. The van der Waals surface area contributed by atoms with Gasteiger partial charge in [0, 0.05) is 38.6 Å². The number of hydrogen-bond donors (Lipinski definition) is 0. The normalized spacial score (nSPS) is 15.2. The fourth-order valence-corrected chi connectivity index (χ4v) is 4.41. The third-order valence-corrected chi connectivity index (χ3v) is 6.30. The van der Waals surface area contributed by atoms with Crippen LogP contribution in [0, 0.1) is 5.92 Å². The van der Waals surface area contributed by atoms with Crippen molar-refractivity contribution >= 4 is 16.9 Å². The molecule has 5 heteroatoms. The Kier molecular flexibility index (Phi) is 6.48. The smallest absolute Gasteiger partial charge is 0.225 e. The van der Waals surface area contributed by atoms with Crippen molar-refractivity contribution in [2.45, 2.75) is 39.8 Å². The number of nitrogens with zero attached hydrogens (tertiary/aromatic N) is 4. The second-order valence-electron chi connectivity index (χ2n) is 8.20. The van der Waals surface area contributed by atoms with Crippen molar-refractivity contribution in [2.24, 2.45) is 5.92 Å². The summed E-state index contributed by atoms with van der Waals surface area (Å²) in [6.45, 7) is 9.29. The number of benzene rings is 2. The van der Waals surface area contributed by atoms with Crippen molar-refractivity contribution in [1.82, 2.24) is 19.4 Å². The number of hydrogen-bond acceptors (Lipinski definition) is 3. The highest BCUT2D eigenvalue weighted by atomic mass is 16.2. The number of rotatable bonds is 7. The number of amides is 1. The monoisotopic (exact) mass is 404 g/mol. The zero-order valence-electron chi connectivity index (χ0n) is 18.1. The molecule has 0 atom stereocenters. The predicted octanol–water partition coefficient (Wildman–Crippen LogP) is 4.17. The van der Waals surface area contributed by atoms with Gasteiger partial charge in [0.05, 0.1) is 17.6 Å². The highest BCUT2D eigenvalue weighted by Crippen LogP contribution is 2.20.